The average molecular weight is 581 g/mol. The van der Waals surface area contributed by atoms with Crippen molar-refractivity contribution in [3.05, 3.63) is 114 Å². The highest BCUT2D eigenvalue weighted by Gasteiger charge is 2.29. The zero-order valence-corrected chi connectivity index (χ0v) is 26.7. The lowest BCUT2D eigenvalue weighted by Crippen LogP contribution is -2.26. The average Bonchev–Trinajstić information content (AvgIpc) is 3.50. The molecule has 1 aliphatic rings. The first-order chi connectivity index (χ1) is 21.0. The van der Waals surface area contributed by atoms with Crippen LogP contribution in [0.25, 0.3) is 27.6 Å². The predicted octanol–water partition coefficient (Wildman–Crippen LogP) is 10.1. The molecule has 0 bridgehead atoms. The molecule has 0 amide bonds. The number of pyridine rings is 1. The zero-order valence-electron chi connectivity index (χ0n) is 26.7. The summed E-state index contributed by atoms with van der Waals surface area (Å²) in [5, 5.41) is 2.38. The number of hydrogen-bond donors (Lipinski definition) is 0. The minimum absolute atomic E-state index is 0.0201. The van der Waals surface area contributed by atoms with Crippen LogP contribution in [-0.4, -0.2) is 23.3 Å². The first-order valence-electron chi connectivity index (χ1n) is 15.4. The van der Waals surface area contributed by atoms with Gasteiger partial charge >= 0.3 is 0 Å². The van der Waals surface area contributed by atoms with Crippen LogP contribution in [-0.2, 0) is 10.8 Å². The fourth-order valence-electron chi connectivity index (χ4n) is 6.42. The number of aromatic nitrogens is 2. The van der Waals surface area contributed by atoms with Crippen LogP contribution in [0.4, 0.5) is 17.1 Å². The van der Waals surface area contributed by atoms with Crippen LogP contribution in [0.1, 0.15) is 52.7 Å². The van der Waals surface area contributed by atoms with E-state index in [1.165, 1.54) is 39.0 Å². The van der Waals surface area contributed by atoms with Crippen molar-refractivity contribution >= 4 is 38.9 Å². The number of rotatable bonds is 4. The minimum Gasteiger partial charge on any atom is -0.457 e. The monoisotopic (exact) mass is 580 g/mol. The van der Waals surface area contributed by atoms with Crippen molar-refractivity contribution < 1.29 is 4.74 Å². The minimum atomic E-state index is -0.0294. The van der Waals surface area contributed by atoms with E-state index in [9.17, 15) is 0 Å². The van der Waals surface area contributed by atoms with Crippen molar-refractivity contribution in [1.29, 1.82) is 0 Å². The maximum Gasteiger partial charge on any atom is 0.137 e. The molecule has 0 unspecified atom stereocenters. The first kappa shape index (κ1) is 28.0. The van der Waals surface area contributed by atoms with E-state index in [4.69, 9.17) is 9.72 Å². The van der Waals surface area contributed by atoms with Gasteiger partial charge in [-0.15, -0.1) is 0 Å². The van der Waals surface area contributed by atoms with Crippen LogP contribution in [0, 0.1) is 0 Å². The number of para-hydroxylation sites is 3. The van der Waals surface area contributed by atoms with Crippen molar-refractivity contribution in [2.45, 2.75) is 52.4 Å². The second-order valence-electron chi connectivity index (χ2n) is 14.0. The molecule has 5 heteroatoms. The molecule has 0 spiro atoms. The smallest absolute Gasteiger partial charge is 0.137 e. The first-order valence-corrected chi connectivity index (χ1v) is 15.4. The fraction of sp³-hybridized carbons (Fsp3) is 0.256. The van der Waals surface area contributed by atoms with E-state index >= 15 is 0 Å². The van der Waals surface area contributed by atoms with Crippen molar-refractivity contribution in [3.8, 4) is 17.3 Å². The lowest BCUT2D eigenvalue weighted by Gasteiger charge is -2.29. The van der Waals surface area contributed by atoms with E-state index in [0.29, 0.717) is 0 Å². The summed E-state index contributed by atoms with van der Waals surface area (Å²) in [6, 6.07) is 34.4. The van der Waals surface area contributed by atoms with Crippen molar-refractivity contribution in [2.24, 2.45) is 0 Å². The van der Waals surface area contributed by atoms with E-state index in [-0.39, 0.29) is 10.8 Å². The highest BCUT2D eigenvalue weighted by Crippen LogP contribution is 2.45. The van der Waals surface area contributed by atoms with Gasteiger partial charge in [-0.2, -0.15) is 0 Å². The third kappa shape index (κ3) is 4.77. The Morgan fingerprint density at radius 3 is 2.09 bits per heavy atom. The van der Waals surface area contributed by atoms with Gasteiger partial charge in [0.25, 0.3) is 0 Å². The summed E-state index contributed by atoms with van der Waals surface area (Å²) in [5.74, 6) is 2.52. The lowest BCUT2D eigenvalue weighted by molar-refractivity contribution is 0.482. The lowest BCUT2D eigenvalue weighted by atomic mass is 9.85. The van der Waals surface area contributed by atoms with Crippen LogP contribution in [0.5, 0.6) is 11.5 Å². The molecule has 222 valence electrons. The molecule has 2 aromatic heterocycles. The van der Waals surface area contributed by atoms with Crippen molar-refractivity contribution in [1.82, 2.24) is 9.55 Å². The van der Waals surface area contributed by atoms with E-state index in [1.807, 2.05) is 6.20 Å². The Morgan fingerprint density at radius 1 is 0.636 bits per heavy atom. The molecule has 6 aromatic rings. The largest absolute Gasteiger partial charge is 0.457 e. The van der Waals surface area contributed by atoms with Gasteiger partial charge in [-0.1, -0.05) is 77.9 Å². The van der Waals surface area contributed by atoms with Gasteiger partial charge in [0.1, 0.15) is 17.3 Å². The maximum absolute atomic E-state index is 6.66. The van der Waals surface area contributed by atoms with E-state index in [2.05, 4.69) is 160 Å². The SMILES string of the molecule is CN1CN(c2cc(Oc3ccc4c5ccccc5n(-c5cc(C(C)(C)C)ccn5)c4c3)ccc2C(C)(C)C)c2ccccc21. The number of nitrogens with zero attached hydrogens (tertiary/aromatic N) is 4. The number of ether oxygens (including phenoxy) is 1. The Balaban J connectivity index is 1.34. The summed E-state index contributed by atoms with van der Waals surface area (Å²) in [4.78, 5) is 9.53. The molecule has 0 fully saturated rings. The number of fused-ring (bicyclic) bond motifs is 4. The Hall–Kier alpha value is -4.77. The van der Waals surface area contributed by atoms with Crippen LogP contribution in [0.15, 0.2) is 103 Å². The Morgan fingerprint density at radius 2 is 1.32 bits per heavy atom. The molecule has 1 aliphatic heterocycles. The van der Waals surface area contributed by atoms with Gasteiger partial charge in [0.2, 0.25) is 0 Å². The molecule has 0 aliphatic carbocycles. The highest BCUT2D eigenvalue weighted by molar-refractivity contribution is 6.09. The normalized spacial score (nSPS) is 13.6. The van der Waals surface area contributed by atoms with E-state index in [1.54, 1.807) is 0 Å². The molecule has 0 atom stereocenters. The van der Waals surface area contributed by atoms with E-state index < -0.39 is 0 Å². The van der Waals surface area contributed by atoms with Gasteiger partial charge in [-0.3, -0.25) is 4.57 Å². The van der Waals surface area contributed by atoms with Crippen molar-refractivity contribution in [3.63, 3.8) is 0 Å². The van der Waals surface area contributed by atoms with Gasteiger partial charge in [0.15, 0.2) is 0 Å². The summed E-state index contributed by atoms with van der Waals surface area (Å²) in [6.45, 7) is 14.3. The molecular weight excluding hydrogens is 540 g/mol. The zero-order chi connectivity index (χ0) is 30.8. The number of hydrogen-bond acceptors (Lipinski definition) is 4. The quantitative estimate of drug-likeness (QED) is 0.208. The fourth-order valence-corrected chi connectivity index (χ4v) is 6.42. The maximum atomic E-state index is 6.66. The van der Waals surface area contributed by atoms with Crippen LogP contribution < -0.4 is 14.5 Å². The molecule has 44 heavy (non-hydrogen) atoms. The third-order valence-electron chi connectivity index (χ3n) is 8.73. The van der Waals surface area contributed by atoms with Gasteiger partial charge in [-0.25, -0.2) is 4.98 Å². The highest BCUT2D eigenvalue weighted by atomic mass is 16.5. The Labute approximate surface area is 260 Å². The molecule has 0 saturated heterocycles. The Bertz CT molecular complexity index is 2020. The standard InChI is InChI=1S/C39H40N4O/c1-38(2,3)26-20-21-40-37(22-26)43-32-13-9-8-12-29(32)30-18-16-27(23-35(30)43)44-28-17-19-31(39(4,5)6)36(24-28)42-25-41(7)33-14-10-11-15-34(33)42/h8-24H,25H2,1-7H3. The summed E-state index contributed by atoms with van der Waals surface area (Å²) in [5.41, 5.74) is 8.36. The molecular formula is C39H40N4O. The predicted molar refractivity (Wildman–Crippen MR) is 184 cm³/mol. The van der Waals surface area contributed by atoms with Crippen molar-refractivity contribution in [2.75, 3.05) is 23.5 Å². The molecule has 0 N–H and O–H groups in total. The van der Waals surface area contributed by atoms with Crippen LogP contribution >= 0.6 is 0 Å². The molecule has 4 aromatic carbocycles. The van der Waals surface area contributed by atoms with Gasteiger partial charge in [-0.05, 0) is 70.5 Å². The summed E-state index contributed by atoms with van der Waals surface area (Å²) < 4.78 is 8.92. The van der Waals surface area contributed by atoms with Gasteiger partial charge in [0, 0.05) is 36.1 Å². The summed E-state index contributed by atoms with van der Waals surface area (Å²) in [7, 11) is 2.15. The second kappa shape index (κ2) is 10.2. The van der Waals surface area contributed by atoms with Gasteiger partial charge in [0.05, 0.1) is 34.8 Å². The summed E-state index contributed by atoms with van der Waals surface area (Å²) in [6.07, 6.45) is 1.92. The van der Waals surface area contributed by atoms with Crippen LogP contribution in [0.2, 0.25) is 0 Å². The van der Waals surface area contributed by atoms with Crippen LogP contribution in [0.3, 0.4) is 0 Å². The Kier molecular flexibility index (Phi) is 6.47. The molecule has 5 nitrogen and oxygen atoms in total. The number of anilines is 3. The molecule has 3 heterocycles. The molecule has 7 rings (SSSR count). The second-order valence-corrected chi connectivity index (χ2v) is 14.0. The molecule has 0 radical (unpaired) electrons. The number of benzene rings is 4. The van der Waals surface area contributed by atoms with E-state index in [0.717, 1.165) is 35.0 Å². The summed E-state index contributed by atoms with van der Waals surface area (Å²) >= 11 is 0. The molecule has 0 saturated carbocycles. The van der Waals surface area contributed by atoms with Gasteiger partial charge < -0.3 is 14.5 Å². The third-order valence-corrected chi connectivity index (χ3v) is 8.73. The topological polar surface area (TPSA) is 33.5 Å².